The van der Waals surface area contributed by atoms with Crippen molar-refractivity contribution in [2.24, 2.45) is 23.7 Å². The normalized spacial score (nSPS) is 30.2. The highest BCUT2D eigenvalue weighted by molar-refractivity contribution is 5.85. The van der Waals surface area contributed by atoms with Gasteiger partial charge in [-0.3, -0.25) is 0 Å². The molecule has 0 radical (unpaired) electrons. The second-order valence-electron chi connectivity index (χ2n) is 13.5. The van der Waals surface area contributed by atoms with Crippen molar-refractivity contribution in [3.63, 3.8) is 0 Å². The van der Waals surface area contributed by atoms with E-state index in [1.165, 1.54) is 76.9 Å². The molecular formula is C37H35N. The number of benzene rings is 4. The number of hydrogen-bond donors (Lipinski definition) is 1. The first-order chi connectivity index (χ1) is 18.5. The van der Waals surface area contributed by atoms with Gasteiger partial charge in [-0.1, -0.05) is 74.5 Å². The Hall–Kier alpha value is -3.32. The molecule has 1 spiro atoms. The fourth-order valence-electron chi connectivity index (χ4n) is 10.2. The van der Waals surface area contributed by atoms with Gasteiger partial charge in [-0.2, -0.15) is 0 Å². The molecule has 6 aliphatic carbocycles. The zero-order valence-electron chi connectivity index (χ0n) is 22.4. The van der Waals surface area contributed by atoms with Crippen molar-refractivity contribution in [3.8, 4) is 22.3 Å². The molecule has 1 N–H and O–H groups in total. The van der Waals surface area contributed by atoms with E-state index in [9.17, 15) is 0 Å². The fraction of sp³-hybridized carbons (Fsp3) is 0.351. The highest BCUT2D eigenvalue weighted by Crippen LogP contribution is 2.69. The van der Waals surface area contributed by atoms with E-state index in [4.69, 9.17) is 0 Å². The molecule has 0 atom stereocenters. The number of anilines is 2. The Balaban J connectivity index is 1.15. The lowest BCUT2D eigenvalue weighted by Crippen LogP contribution is -2.55. The van der Waals surface area contributed by atoms with Gasteiger partial charge in [0.05, 0.1) is 0 Å². The van der Waals surface area contributed by atoms with Crippen LogP contribution in [0.15, 0.2) is 84.9 Å². The summed E-state index contributed by atoms with van der Waals surface area (Å²) >= 11 is 0. The average Bonchev–Trinajstić information content (AvgIpc) is 3.33. The maximum absolute atomic E-state index is 3.86. The summed E-state index contributed by atoms with van der Waals surface area (Å²) in [6.07, 6.45) is 7.22. The summed E-state index contributed by atoms with van der Waals surface area (Å²) in [5.74, 6) is 3.55. The summed E-state index contributed by atoms with van der Waals surface area (Å²) in [7, 11) is 0. The summed E-state index contributed by atoms with van der Waals surface area (Å²) in [5, 5.41) is 3.86. The number of nitrogens with one attached hydrogen (secondary N) is 1. The molecule has 1 heteroatoms. The van der Waals surface area contributed by atoms with Crippen LogP contribution in [0.3, 0.4) is 0 Å². The molecule has 0 aliphatic heterocycles. The molecule has 4 bridgehead atoms. The lowest BCUT2D eigenvalue weighted by Gasteiger charge is -2.61. The van der Waals surface area contributed by atoms with Crippen molar-refractivity contribution in [1.29, 1.82) is 0 Å². The van der Waals surface area contributed by atoms with Crippen LogP contribution in [-0.4, -0.2) is 0 Å². The lowest BCUT2D eigenvalue weighted by molar-refractivity contribution is -0.0399. The fourth-order valence-corrected chi connectivity index (χ4v) is 10.2. The second-order valence-corrected chi connectivity index (χ2v) is 13.5. The quantitative estimate of drug-likeness (QED) is 0.293. The summed E-state index contributed by atoms with van der Waals surface area (Å²) in [4.78, 5) is 0. The summed E-state index contributed by atoms with van der Waals surface area (Å²) in [6, 6.07) is 32.6. The van der Waals surface area contributed by atoms with Crippen LogP contribution in [0.2, 0.25) is 0 Å². The van der Waals surface area contributed by atoms with E-state index in [-0.39, 0.29) is 10.8 Å². The first kappa shape index (κ1) is 21.6. The van der Waals surface area contributed by atoms with Crippen LogP contribution in [0.5, 0.6) is 0 Å². The van der Waals surface area contributed by atoms with Gasteiger partial charge in [0.15, 0.2) is 0 Å². The summed E-state index contributed by atoms with van der Waals surface area (Å²) < 4.78 is 0. The Bertz CT molecular complexity index is 1610. The second kappa shape index (κ2) is 7.20. The van der Waals surface area contributed by atoms with E-state index >= 15 is 0 Å². The van der Waals surface area contributed by atoms with Gasteiger partial charge in [-0.15, -0.1) is 0 Å². The SMILES string of the molecule is CC1(C)c2ccccc2-c2ccc(Nc3ccc4c(c3)C3(c5ccccc5-4)C4CC5CC(C4)CC3C5)cc21. The van der Waals surface area contributed by atoms with Crippen LogP contribution in [0, 0.1) is 23.7 Å². The van der Waals surface area contributed by atoms with E-state index in [0.29, 0.717) is 0 Å². The van der Waals surface area contributed by atoms with Crippen LogP contribution >= 0.6 is 0 Å². The van der Waals surface area contributed by atoms with E-state index in [1.54, 1.807) is 11.1 Å². The number of rotatable bonds is 2. The smallest absolute Gasteiger partial charge is 0.0387 e. The highest BCUT2D eigenvalue weighted by Gasteiger charge is 2.61. The minimum Gasteiger partial charge on any atom is -0.356 e. The third-order valence-electron chi connectivity index (χ3n) is 11.4. The van der Waals surface area contributed by atoms with Gasteiger partial charge in [0.1, 0.15) is 0 Å². The van der Waals surface area contributed by atoms with E-state index < -0.39 is 0 Å². The Morgan fingerprint density at radius 3 is 1.68 bits per heavy atom. The first-order valence-corrected chi connectivity index (χ1v) is 14.8. The van der Waals surface area contributed by atoms with E-state index in [2.05, 4.69) is 104 Å². The molecule has 0 saturated heterocycles. The molecular weight excluding hydrogens is 458 g/mol. The van der Waals surface area contributed by atoms with E-state index in [0.717, 1.165) is 23.7 Å². The van der Waals surface area contributed by atoms with Gasteiger partial charge >= 0.3 is 0 Å². The van der Waals surface area contributed by atoms with Gasteiger partial charge in [-0.05, 0) is 125 Å². The highest BCUT2D eigenvalue weighted by atomic mass is 14.9. The minimum atomic E-state index is 0.0215. The van der Waals surface area contributed by atoms with Gasteiger partial charge in [0, 0.05) is 22.2 Å². The molecule has 1 nitrogen and oxygen atoms in total. The third kappa shape index (κ3) is 2.58. The Morgan fingerprint density at radius 2 is 1.03 bits per heavy atom. The topological polar surface area (TPSA) is 12.0 Å². The largest absolute Gasteiger partial charge is 0.356 e. The van der Waals surface area contributed by atoms with Crippen molar-refractivity contribution in [1.82, 2.24) is 0 Å². The first-order valence-electron chi connectivity index (χ1n) is 14.8. The summed E-state index contributed by atoms with van der Waals surface area (Å²) in [6.45, 7) is 4.73. The maximum Gasteiger partial charge on any atom is 0.0387 e. The van der Waals surface area contributed by atoms with Crippen molar-refractivity contribution < 1.29 is 0 Å². The average molecular weight is 494 g/mol. The molecule has 10 rings (SSSR count). The molecule has 0 aromatic heterocycles. The Morgan fingerprint density at radius 1 is 0.526 bits per heavy atom. The molecule has 4 aromatic rings. The molecule has 0 unspecified atom stereocenters. The zero-order valence-corrected chi connectivity index (χ0v) is 22.4. The maximum atomic E-state index is 3.86. The lowest BCUT2D eigenvalue weighted by atomic mass is 9.43. The molecule has 188 valence electrons. The van der Waals surface area contributed by atoms with Crippen LogP contribution < -0.4 is 5.32 Å². The summed E-state index contributed by atoms with van der Waals surface area (Å²) in [5.41, 5.74) is 14.5. The molecule has 0 heterocycles. The molecule has 38 heavy (non-hydrogen) atoms. The predicted octanol–water partition coefficient (Wildman–Crippen LogP) is 9.46. The van der Waals surface area contributed by atoms with Gasteiger partial charge in [0.2, 0.25) is 0 Å². The van der Waals surface area contributed by atoms with Crippen molar-refractivity contribution in [2.45, 2.75) is 56.8 Å². The standard InChI is InChI=1S/C37H35N/c1-36(2)32-9-5-3-7-28(32)30-13-11-26(20-34(30)36)38-27-12-14-31-29-8-4-6-10-33(29)37(35(31)21-27)24-16-22-15-23(18-24)19-25(37)17-22/h3-14,20-25,38H,15-19H2,1-2H3. The molecule has 4 aromatic carbocycles. The van der Waals surface area contributed by atoms with Crippen LogP contribution in [0.4, 0.5) is 11.4 Å². The van der Waals surface area contributed by atoms with Crippen molar-refractivity contribution >= 4 is 11.4 Å². The number of fused-ring (bicyclic) bond motifs is 6. The monoisotopic (exact) mass is 493 g/mol. The van der Waals surface area contributed by atoms with Gasteiger partial charge < -0.3 is 5.32 Å². The zero-order chi connectivity index (χ0) is 25.2. The van der Waals surface area contributed by atoms with Crippen molar-refractivity contribution in [2.75, 3.05) is 5.32 Å². The van der Waals surface area contributed by atoms with Gasteiger partial charge in [-0.25, -0.2) is 0 Å². The third-order valence-corrected chi connectivity index (χ3v) is 11.4. The Kier molecular flexibility index (Phi) is 4.09. The van der Waals surface area contributed by atoms with Crippen LogP contribution in [0.1, 0.15) is 68.2 Å². The predicted molar refractivity (Wildman–Crippen MR) is 157 cm³/mol. The minimum absolute atomic E-state index is 0.0215. The van der Waals surface area contributed by atoms with Crippen LogP contribution in [0.25, 0.3) is 22.3 Å². The van der Waals surface area contributed by atoms with Gasteiger partial charge in [0.25, 0.3) is 0 Å². The van der Waals surface area contributed by atoms with Crippen molar-refractivity contribution in [3.05, 3.63) is 107 Å². The molecule has 0 amide bonds. The Labute approximate surface area is 226 Å². The number of hydrogen-bond acceptors (Lipinski definition) is 1. The van der Waals surface area contributed by atoms with E-state index in [1.807, 2.05) is 0 Å². The molecule has 4 saturated carbocycles. The molecule has 4 fully saturated rings. The molecule has 6 aliphatic rings. The van der Waals surface area contributed by atoms with Crippen LogP contribution in [-0.2, 0) is 10.8 Å².